The van der Waals surface area contributed by atoms with Crippen LogP contribution in [0.15, 0.2) is 42.5 Å². The Morgan fingerprint density at radius 3 is 2.46 bits per heavy atom. The van der Waals surface area contributed by atoms with Crippen LogP contribution in [0.1, 0.15) is 16.5 Å². The number of hydrogen-bond donors (Lipinski definition) is 2. The van der Waals surface area contributed by atoms with Gasteiger partial charge in [-0.2, -0.15) is 0 Å². The zero-order valence-electron chi connectivity index (χ0n) is 13.3. The number of benzene rings is 1. The Bertz CT molecular complexity index is 675. The minimum atomic E-state index is -0.673. The fourth-order valence-corrected chi connectivity index (χ4v) is 3.25. The van der Waals surface area contributed by atoms with Crippen LogP contribution in [0, 0.1) is 0 Å². The van der Waals surface area contributed by atoms with Crippen molar-refractivity contribution >= 4 is 34.8 Å². The van der Waals surface area contributed by atoms with Crippen molar-refractivity contribution in [3.8, 4) is 0 Å². The molecule has 2 aromatic rings. The average molecular weight is 367 g/mol. The molecular weight excluding hydrogens is 348 g/mol. The summed E-state index contributed by atoms with van der Waals surface area (Å²) >= 11 is 7.27. The van der Waals surface area contributed by atoms with Gasteiger partial charge in [0.1, 0.15) is 6.10 Å². The Morgan fingerprint density at radius 2 is 1.83 bits per heavy atom. The van der Waals surface area contributed by atoms with E-state index in [9.17, 15) is 9.59 Å². The molecule has 1 atom stereocenters. The summed E-state index contributed by atoms with van der Waals surface area (Å²) < 4.78 is 5.97. The van der Waals surface area contributed by atoms with Crippen molar-refractivity contribution in [1.29, 1.82) is 0 Å². The molecule has 1 unspecified atom stereocenters. The summed E-state index contributed by atoms with van der Waals surface area (Å²) in [7, 11) is 1.55. The summed E-state index contributed by atoms with van der Waals surface area (Å²) in [5.41, 5.74) is 1.10. The monoisotopic (exact) mass is 366 g/mol. The first kappa shape index (κ1) is 18.4. The molecule has 24 heavy (non-hydrogen) atoms. The fourth-order valence-electron chi connectivity index (χ4n) is 2.11. The lowest BCUT2D eigenvalue weighted by Gasteiger charge is -2.14. The van der Waals surface area contributed by atoms with Gasteiger partial charge < -0.3 is 15.4 Å². The van der Waals surface area contributed by atoms with Gasteiger partial charge in [0.25, 0.3) is 0 Å². The van der Waals surface area contributed by atoms with Crippen LogP contribution >= 0.6 is 22.9 Å². The number of methoxy groups -OCH3 is 1. The molecule has 0 bridgehead atoms. The van der Waals surface area contributed by atoms with Gasteiger partial charge in [-0.1, -0.05) is 41.9 Å². The van der Waals surface area contributed by atoms with Crippen molar-refractivity contribution in [2.75, 3.05) is 20.2 Å². The van der Waals surface area contributed by atoms with E-state index in [0.29, 0.717) is 17.3 Å². The average Bonchev–Trinajstić information content (AvgIpc) is 3.02. The first-order chi connectivity index (χ1) is 11.6. The number of carbonyl (C=O) groups is 2. The van der Waals surface area contributed by atoms with E-state index >= 15 is 0 Å². The molecule has 0 saturated carbocycles. The first-order valence-corrected chi connectivity index (χ1v) is 8.67. The van der Waals surface area contributed by atoms with Crippen LogP contribution in [-0.2, 0) is 20.7 Å². The van der Waals surface area contributed by atoms with Crippen molar-refractivity contribution < 1.29 is 14.3 Å². The maximum Gasteiger partial charge on any atom is 0.309 e. The molecule has 2 rings (SSSR count). The van der Waals surface area contributed by atoms with Gasteiger partial charge in [-0.3, -0.25) is 9.59 Å². The van der Waals surface area contributed by atoms with Crippen LogP contribution in [0.25, 0.3) is 0 Å². The van der Waals surface area contributed by atoms with E-state index in [-0.39, 0.29) is 12.6 Å². The lowest BCUT2D eigenvalue weighted by atomic mass is 10.1. The van der Waals surface area contributed by atoms with Gasteiger partial charge in [0.15, 0.2) is 0 Å². The minimum Gasteiger partial charge on any atom is -0.374 e. The molecular formula is C17H19ClN2O3S. The van der Waals surface area contributed by atoms with Gasteiger partial charge in [0.05, 0.1) is 4.34 Å². The number of carbonyl (C=O) groups excluding carboxylic acids is 2. The van der Waals surface area contributed by atoms with E-state index in [2.05, 4.69) is 10.6 Å². The van der Waals surface area contributed by atoms with Crippen molar-refractivity contribution in [1.82, 2.24) is 10.6 Å². The maximum atomic E-state index is 11.8. The second kappa shape index (κ2) is 9.42. The van der Waals surface area contributed by atoms with E-state index < -0.39 is 11.8 Å². The molecule has 128 valence electrons. The van der Waals surface area contributed by atoms with Gasteiger partial charge >= 0.3 is 11.8 Å². The zero-order valence-corrected chi connectivity index (χ0v) is 14.8. The summed E-state index contributed by atoms with van der Waals surface area (Å²) in [5, 5.41) is 5.18. The second-order valence-electron chi connectivity index (χ2n) is 5.07. The quantitative estimate of drug-likeness (QED) is 0.740. The van der Waals surface area contributed by atoms with Gasteiger partial charge in [0.2, 0.25) is 0 Å². The van der Waals surface area contributed by atoms with Crippen molar-refractivity contribution in [2.24, 2.45) is 0 Å². The van der Waals surface area contributed by atoms with Crippen LogP contribution in [0.4, 0.5) is 0 Å². The van der Waals surface area contributed by atoms with Crippen LogP contribution in [0.2, 0.25) is 4.34 Å². The predicted octanol–water partition coefficient (Wildman–Crippen LogP) is 2.56. The molecule has 0 aliphatic carbocycles. The molecule has 1 aromatic heterocycles. The van der Waals surface area contributed by atoms with E-state index in [0.717, 1.165) is 10.4 Å². The SMILES string of the molecule is COC(CNC(=O)C(=O)NCCc1ccccc1)c1ccc(Cl)s1. The highest BCUT2D eigenvalue weighted by Crippen LogP contribution is 2.28. The Kier molecular flexibility index (Phi) is 7.24. The molecule has 2 N–H and O–H groups in total. The molecule has 0 radical (unpaired) electrons. The number of halogens is 1. The third kappa shape index (κ3) is 5.63. The van der Waals surface area contributed by atoms with Crippen LogP contribution < -0.4 is 10.6 Å². The highest BCUT2D eigenvalue weighted by atomic mass is 35.5. The third-order valence-corrected chi connectivity index (χ3v) is 4.72. The van der Waals surface area contributed by atoms with E-state index in [4.69, 9.17) is 16.3 Å². The first-order valence-electron chi connectivity index (χ1n) is 7.48. The van der Waals surface area contributed by atoms with E-state index in [1.807, 2.05) is 36.4 Å². The summed E-state index contributed by atoms with van der Waals surface area (Å²) in [6, 6.07) is 13.4. The molecule has 0 spiro atoms. The van der Waals surface area contributed by atoms with Crippen molar-refractivity contribution in [3.63, 3.8) is 0 Å². The summed E-state index contributed by atoms with van der Waals surface area (Å²) in [6.45, 7) is 0.614. The number of thiophene rings is 1. The van der Waals surface area contributed by atoms with Crippen LogP contribution in [0.3, 0.4) is 0 Å². The molecule has 2 amide bonds. The van der Waals surface area contributed by atoms with Gasteiger partial charge in [-0.15, -0.1) is 11.3 Å². The number of rotatable bonds is 7. The highest BCUT2D eigenvalue weighted by Gasteiger charge is 2.17. The van der Waals surface area contributed by atoms with E-state index in [1.54, 1.807) is 13.2 Å². The number of ether oxygens (including phenoxy) is 1. The smallest absolute Gasteiger partial charge is 0.309 e. The Morgan fingerprint density at radius 1 is 1.12 bits per heavy atom. The molecule has 1 aromatic carbocycles. The topological polar surface area (TPSA) is 67.4 Å². The molecule has 5 nitrogen and oxygen atoms in total. The minimum absolute atomic E-state index is 0.207. The summed E-state index contributed by atoms with van der Waals surface area (Å²) in [6.07, 6.45) is 0.345. The Balaban J connectivity index is 1.73. The van der Waals surface area contributed by atoms with Gasteiger partial charge in [-0.05, 0) is 24.1 Å². The zero-order chi connectivity index (χ0) is 17.4. The molecule has 0 saturated heterocycles. The Hall–Kier alpha value is -1.89. The molecule has 1 heterocycles. The van der Waals surface area contributed by atoms with Crippen LogP contribution in [0.5, 0.6) is 0 Å². The molecule has 0 aliphatic rings. The molecule has 7 heteroatoms. The maximum absolute atomic E-state index is 11.8. The summed E-state index contributed by atoms with van der Waals surface area (Å²) in [4.78, 5) is 24.5. The lowest BCUT2D eigenvalue weighted by molar-refractivity contribution is -0.139. The predicted molar refractivity (Wildman–Crippen MR) is 95.2 cm³/mol. The van der Waals surface area contributed by atoms with Gasteiger partial charge in [0, 0.05) is 25.1 Å². The largest absolute Gasteiger partial charge is 0.374 e. The lowest BCUT2D eigenvalue weighted by Crippen LogP contribution is -2.42. The number of amides is 2. The highest BCUT2D eigenvalue weighted by molar-refractivity contribution is 7.16. The molecule has 0 fully saturated rings. The number of hydrogen-bond acceptors (Lipinski definition) is 4. The van der Waals surface area contributed by atoms with Crippen LogP contribution in [-0.4, -0.2) is 32.0 Å². The molecule has 0 aliphatic heterocycles. The second-order valence-corrected chi connectivity index (χ2v) is 6.81. The standard InChI is InChI=1S/C17H19ClN2O3S/c1-23-13(14-7-8-15(18)24-14)11-20-17(22)16(21)19-10-9-12-5-3-2-4-6-12/h2-8,13H,9-11H2,1H3,(H,19,21)(H,20,22). The summed E-state index contributed by atoms with van der Waals surface area (Å²) in [5.74, 6) is -1.32. The normalized spacial score (nSPS) is 11.8. The van der Waals surface area contributed by atoms with Crippen molar-refractivity contribution in [3.05, 3.63) is 57.2 Å². The third-order valence-electron chi connectivity index (χ3n) is 3.39. The fraction of sp³-hybridized carbons (Fsp3) is 0.294. The van der Waals surface area contributed by atoms with E-state index in [1.165, 1.54) is 11.3 Å². The van der Waals surface area contributed by atoms with Gasteiger partial charge in [-0.25, -0.2) is 0 Å². The Labute approximate surface area is 150 Å². The van der Waals surface area contributed by atoms with Crippen molar-refractivity contribution in [2.45, 2.75) is 12.5 Å². The number of nitrogens with one attached hydrogen (secondary N) is 2.